The van der Waals surface area contributed by atoms with E-state index in [1.807, 2.05) is 16.8 Å². The molecular weight excluding hydrogens is 394 g/mol. The van der Waals surface area contributed by atoms with Crippen molar-refractivity contribution in [2.45, 2.75) is 6.04 Å². The smallest absolute Gasteiger partial charge is 0.132 e. The molecule has 22 heavy (non-hydrogen) atoms. The molecule has 0 amide bonds. The van der Waals surface area contributed by atoms with Crippen LogP contribution in [0, 0.1) is 11.6 Å². The Hall–Kier alpha value is -0.530. The van der Waals surface area contributed by atoms with Gasteiger partial charge in [0.05, 0.1) is 6.04 Å². The van der Waals surface area contributed by atoms with Crippen LogP contribution in [-0.2, 0) is 0 Å². The molecule has 0 saturated carbocycles. The third kappa shape index (κ3) is 3.68. The maximum absolute atomic E-state index is 14.4. The summed E-state index contributed by atoms with van der Waals surface area (Å²) in [6, 6.07) is 4.24. The second-order valence-corrected chi connectivity index (χ2v) is 6.72. The van der Waals surface area contributed by atoms with E-state index in [0.29, 0.717) is 4.47 Å². The summed E-state index contributed by atoms with van der Waals surface area (Å²) in [6.07, 6.45) is 0. The first-order valence-corrected chi connectivity index (χ1v) is 8.51. The predicted octanol–water partition coefficient (Wildman–Crippen LogP) is 4.21. The van der Waals surface area contributed by atoms with Crippen LogP contribution in [0.25, 0.3) is 0 Å². The van der Waals surface area contributed by atoms with Crippen LogP contribution in [0.4, 0.5) is 8.78 Å². The van der Waals surface area contributed by atoms with Crippen molar-refractivity contribution in [2.75, 3.05) is 26.2 Å². The fourth-order valence-electron chi connectivity index (χ4n) is 2.75. The standard InChI is InChI=1S/C15H15BrF2N2S.ClH/c16-11-7-12(17)14(13(18)8-11)15(10-1-6-21-9-10)20-4-2-19-3-5-20;/h1,6-9,15,19H,2-5H2;1H/t15-;/m1./s1. The molecule has 1 saturated heterocycles. The maximum atomic E-state index is 14.4. The molecule has 0 bridgehead atoms. The Kier molecular flexibility index (Phi) is 6.35. The molecule has 1 aliphatic heterocycles. The molecule has 2 aromatic rings. The molecule has 120 valence electrons. The SMILES string of the molecule is Cl.Fc1cc(Br)cc(F)c1[C@@H](c1ccsc1)N1CCNCC1. The summed E-state index contributed by atoms with van der Waals surface area (Å²) in [6.45, 7) is 3.21. The molecule has 2 heterocycles. The van der Waals surface area contributed by atoms with E-state index in [9.17, 15) is 8.78 Å². The van der Waals surface area contributed by atoms with Crippen molar-refractivity contribution in [1.29, 1.82) is 0 Å². The van der Waals surface area contributed by atoms with Crippen molar-refractivity contribution in [3.05, 3.63) is 56.2 Å². The van der Waals surface area contributed by atoms with Gasteiger partial charge < -0.3 is 5.32 Å². The zero-order valence-electron chi connectivity index (χ0n) is 11.7. The molecule has 0 radical (unpaired) electrons. The normalized spacial score (nSPS) is 17.0. The molecule has 7 heteroatoms. The molecule has 1 atom stereocenters. The number of rotatable bonds is 3. The number of halogens is 4. The van der Waals surface area contributed by atoms with Crippen LogP contribution in [0.5, 0.6) is 0 Å². The van der Waals surface area contributed by atoms with Crippen molar-refractivity contribution in [2.24, 2.45) is 0 Å². The first kappa shape index (κ1) is 17.8. The van der Waals surface area contributed by atoms with Gasteiger partial charge in [-0.2, -0.15) is 11.3 Å². The monoisotopic (exact) mass is 408 g/mol. The van der Waals surface area contributed by atoms with Gasteiger partial charge in [0.2, 0.25) is 0 Å². The van der Waals surface area contributed by atoms with E-state index in [1.165, 1.54) is 12.1 Å². The number of thiophene rings is 1. The molecule has 0 spiro atoms. The van der Waals surface area contributed by atoms with E-state index in [-0.39, 0.29) is 24.0 Å². The fourth-order valence-corrected chi connectivity index (χ4v) is 3.83. The summed E-state index contributed by atoms with van der Waals surface area (Å²) < 4.78 is 29.2. The van der Waals surface area contributed by atoms with Crippen molar-refractivity contribution >= 4 is 39.7 Å². The second-order valence-electron chi connectivity index (χ2n) is 5.03. The van der Waals surface area contributed by atoms with Gasteiger partial charge in [-0.15, -0.1) is 12.4 Å². The molecule has 1 aliphatic rings. The maximum Gasteiger partial charge on any atom is 0.132 e. The van der Waals surface area contributed by atoms with Gasteiger partial charge in [0.25, 0.3) is 0 Å². The number of benzene rings is 1. The summed E-state index contributed by atoms with van der Waals surface area (Å²) >= 11 is 4.68. The van der Waals surface area contributed by atoms with Gasteiger partial charge in [-0.1, -0.05) is 15.9 Å². The lowest BCUT2D eigenvalue weighted by atomic mass is 9.97. The van der Waals surface area contributed by atoms with Crippen LogP contribution >= 0.6 is 39.7 Å². The Bertz CT molecular complexity index is 595. The molecule has 0 aliphatic carbocycles. The molecule has 3 rings (SSSR count). The molecule has 1 aromatic heterocycles. The lowest BCUT2D eigenvalue weighted by molar-refractivity contribution is 0.192. The van der Waals surface area contributed by atoms with Gasteiger partial charge in [0, 0.05) is 36.2 Å². The van der Waals surface area contributed by atoms with Gasteiger partial charge >= 0.3 is 0 Å². The van der Waals surface area contributed by atoms with Crippen LogP contribution in [-0.4, -0.2) is 31.1 Å². The molecule has 1 fully saturated rings. The third-order valence-electron chi connectivity index (χ3n) is 3.69. The van der Waals surface area contributed by atoms with Crippen LogP contribution in [0.3, 0.4) is 0 Å². The highest BCUT2D eigenvalue weighted by molar-refractivity contribution is 9.10. The minimum atomic E-state index is -0.503. The summed E-state index contributed by atoms with van der Waals surface area (Å²) in [5.41, 5.74) is 1.08. The van der Waals surface area contributed by atoms with Gasteiger partial charge in [0.15, 0.2) is 0 Å². The average molecular weight is 410 g/mol. The van der Waals surface area contributed by atoms with Crippen molar-refractivity contribution in [3.63, 3.8) is 0 Å². The van der Waals surface area contributed by atoms with Crippen LogP contribution in [0.1, 0.15) is 17.2 Å². The van der Waals surface area contributed by atoms with Crippen LogP contribution in [0.15, 0.2) is 33.4 Å². The summed E-state index contributed by atoms with van der Waals surface area (Å²) in [4.78, 5) is 2.13. The Morgan fingerprint density at radius 3 is 2.36 bits per heavy atom. The van der Waals surface area contributed by atoms with Crippen molar-refractivity contribution in [1.82, 2.24) is 10.2 Å². The highest BCUT2D eigenvalue weighted by Gasteiger charge is 2.29. The molecule has 2 nitrogen and oxygen atoms in total. The fraction of sp³-hybridized carbons (Fsp3) is 0.333. The van der Waals surface area contributed by atoms with E-state index in [0.717, 1.165) is 31.7 Å². The van der Waals surface area contributed by atoms with Crippen molar-refractivity contribution < 1.29 is 8.78 Å². The van der Waals surface area contributed by atoms with Gasteiger partial charge in [-0.25, -0.2) is 8.78 Å². The van der Waals surface area contributed by atoms with E-state index in [4.69, 9.17) is 0 Å². The first-order chi connectivity index (χ1) is 10.2. The Labute approximate surface area is 147 Å². The highest BCUT2D eigenvalue weighted by Crippen LogP contribution is 2.35. The lowest BCUT2D eigenvalue weighted by Crippen LogP contribution is -2.45. The molecule has 1 N–H and O–H groups in total. The Morgan fingerprint density at radius 1 is 1.18 bits per heavy atom. The minimum Gasteiger partial charge on any atom is -0.314 e. The zero-order valence-corrected chi connectivity index (χ0v) is 14.9. The Balaban J connectivity index is 0.00000176. The molecular formula is C15H16BrClF2N2S. The number of nitrogens with one attached hydrogen (secondary N) is 1. The van der Waals surface area contributed by atoms with E-state index < -0.39 is 11.6 Å². The quantitative estimate of drug-likeness (QED) is 0.817. The largest absolute Gasteiger partial charge is 0.314 e. The summed E-state index contributed by atoms with van der Waals surface area (Å²) in [5, 5.41) is 7.18. The minimum absolute atomic E-state index is 0. The highest BCUT2D eigenvalue weighted by atomic mass is 79.9. The number of hydrogen-bond acceptors (Lipinski definition) is 3. The van der Waals surface area contributed by atoms with Crippen molar-refractivity contribution in [3.8, 4) is 0 Å². The third-order valence-corrected chi connectivity index (χ3v) is 4.85. The van der Waals surface area contributed by atoms with E-state index in [1.54, 1.807) is 11.3 Å². The average Bonchev–Trinajstić information content (AvgIpc) is 2.97. The van der Waals surface area contributed by atoms with Crippen LogP contribution in [0.2, 0.25) is 0 Å². The topological polar surface area (TPSA) is 15.3 Å². The number of piperazine rings is 1. The van der Waals surface area contributed by atoms with Gasteiger partial charge in [0.1, 0.15) is 11.6 Å². The number of nitrogens with zero attached hydrogens (tertiary/aromatic N) is 1. The van der Waals surface area contributed by atoms with E-state index in [2.05, 4.69) is 26.1 Å². The molecule has 0 unspecified atom stereocenters. The molecule has 1 aromatic carbocycles. The Morgan fingerprint density at radius 2 is 1.82 bits per heavy atom. The summed E-state index contributed by atoms with van der Waals surface area (Å²) in [5.74, 6) is -1.01. The van der Waals surface area contributed by atoms with E-state index >= 15 is 0 Å². The first-order valence-electron chi connectivity index (χ1n) is 6.78. The van der Waals surface area contributed by atoms with Crippen LogP contribution < -0.4 is 5.32 Å². The second kappa shape index (κ2) is 7.84. The zero-order chi connectivity index (χ0) is 14.8. The number of hydrogen-bond donors (Lipinski definition) is 1. The van der Waals surface area contributed by atoms with Gasteiger partial charge in [-0.3, -0.25) is 4.90 Å². The summed E-state index contributed by atoms with van der Waals surface area (Å²) in [7, 11) is 0. The lowest BCUT2D eigenvalue weighted by Gasteiger charge is -2.35. The predicted molar refractivity (Wildman–Crippen MR) is 91.9 cm³/mol. The van der Waals surface area contributed by atoms with Gasteiger partial charge in [-0.05, 0) is 34.5 Å².